The Balaban J connectivity index is 2.06. The van der Waals surface area contributed by atoms with Gasteiger partial charge in [0.1, 0.15) is 12.0 Å². The molecule has 0 aromatic carbocycles. The molecule has 7 heteroatoms. The van der Waals surface area contributed by atoms with E-state index in [9.17, 15) is 0 Å². The van der Waals surface area contributed by atoms with Gasteiger partial charge in [-0.2, -0.15) is 10.2 Å². The van der Waals surface area contributed by atoms with Crippen LogP contribution in [0.2, 0.25) is 0 Å². The van der Waals surface area contributed by atoms with E-state index in [0.29, 0.717) is 28.9 Å². The molecular weight excluding hydrogens is 226 g/mol. The average molecular weight is 233 g/mol. The van der Waals surface area contributed by atoms with E-state index in [1.54, 1.807) is 12.3 Å². The van der Waals surface area contributed by atoms with Gasteiger partial charge in [0.2, 0.25) is 11.7 Å². The van der Waals surface area contributed by atoms with Gasteiger partial charge < -0.3 is 4.52 Å². The molecule has 0 unspecified atom stereocenters. The molecule has 2 aromatic heterocycles. The van der Waals surface area contributed by atoms with E-state index in [-0.39, 0.29) is 0 Å². The van der Waals surface area contributed by atoms with E-state index < -0.39 is 0 Å². The van der Waals surface area contributed by atoms with E-state index >= 15 is 0 Å². The van der Waals surface area contributed by atoms with Gasteiger partial charge in [0, 0.05) is 6.20 Å². The van der Waals surface area contributed by atoms with Gasteiger partial charge in [-0.3, -0.25) is 0 Å². The van der Waals surface area contributed by atoms with Gasteiger partial charge in [0.15, 0.2) is 0 Å². The number of aromatic nitrogens is 4. The van der Waals surface area contributed by atoms with Gasteiger partial charge >= 0.3 is 0 Å². The summed E-state index contributed by atoms with van der Waals surface area (Å²) in [6, 6.07) is 3.73. The zero-order chi connectivity index (χ0) is 11.2. The maximum absolute atomic E-state index is 8.37. The topological polar surface area (TPSA) is 88.5 Å². The van der Waals surface area contributed by atoms with Gasteiger partial charge in [-0.25, -0.2) is 9.97 Å². The average Bonchev–Trinajstić information content (AvgIpc) is 2.79. The maximum atomic E-state index is 8.37. The summed E-state index contributed by atoms with van der Waals surface area (Å²) >= 11 is 1.42. The molecule has 0 amide bonds. The van der Waals surface area contributed by atoms with Crippen LogP contribution in [0.3, 0.4) is 0 Å². The van der Waals surface area contributed by atoms with Crippen molar-refractivity contribution in [1.82, 2.24) is 20.1 Å². The third-order valence-corrected chi connectivity index (χ3v) is 2.46. The number of thioether (sulfide) groups is 1. The van der Waals surface area contributed by atoms with Crippen LogP contribution in [-0.4, -0.2) is 25.9 Å². The third kappa shape index (κ3) is 2.55. The Kier molecular flexibility index (Phi) is 3.46. The number of nitriles is 1. The molecule has 0 atom stereocenters. The second kappa shape index (κ2) is 5.23. The molecule has 0 saturated heterocycles. The molecule has 0 aliphatic heterocycles. The van der Waals surface area contributed by atoms with Crippen LogP contribution < -0.4 is 0 Å². The van der Waals surface area contributed by atoms with E-state index in [0.717, 1.165) is 0 Å². The fraction of sp³-hybridized carbons (Fsp3) is 0.222. The molecule has 2 rings (SSSR count). The summed E-state index contributed by atoms with van der Waals surface area (Å²) in [6.07, 6.45) is 3.04. The van der Waals surface area contributed by atoms with Crippen molar-refractivity contribution in [2.75, 3.05) is 5.75 Å². The highest BCUT2D eigenvalue weighted by Gasteiger charge is 2.08. The Hall–Kier alpha value is -1.94. The second-order valence-corrected chi connectivity index (χ2v) is 3.74. The smallest absolute Gasteiger partial charge is 0.237 e. The zero-order valence-electron chi connectivity index (χ0n) is 8.20. The highest BCUT2D eigenvalue weighted by Crippen LogP contribution is 2.14. The second-order valence-electron chi connectivity index (χ2n) is 2.76. The van der Waals surface area contributed by atoms with Crippen LogP contribution in [0.5, 0.6) is 0 Å². The minimum absolute atomic E-state index is 0.408. The van der Waals surface area contributed by atoms with Crippen molar-refractivity contribution in [2.24, 2.45) is 0 Å². The van der Waals surface area contributed by atoms with Crippen LogP contribution in [0.4, 0.5) is 0 Å². The van der Waals surface area contributed by atoms with Gasteiger partial charge in [-0.1, -0.05) is 5.16 Å². The summed E-state index contributed by atoms with van der Waals surface area (Å²) in [6.45, 7) is 0. The Morgan fingerprint density at radius 1 is 1.50 bits per heavy atom. The highest BCUT2D eigenvalue weighted by atomic mass is 32.2. The first-order valence-corrected chi connectivity index (χ1v) is 5.59. The first-order valence-electron chi connectivity index (χ1n) is 4.44. The molecule has 0 N–H and O–H groups in total. The molecule has 0 fully saturated rings. The van der Waals surface area contributed by atoms with Gasteiger partial charge in [-0.15, -0.1) is 11.8 Å². The van der Waals surface area contributed by atoms with Crippen molar-refractivity contribution < 1.29 is 4.52 Å². The predicted molar refractivity (Wildman–Crippen MR) is 57.1 cm³/mol. The Morgan fingerprint density at radius 3 is 3.19 bits per heavy atom. The van der Waals surface area contributed by atoms with Crippen LogP contribution >= 0.6 is 11.8 Å². The van der Waals surface area contributed by atoms with Crippen LogP contribution in [0.15, 0.2) is 23.1 Å². The van der Waals surface area contributed by atoms with Crippen molar-refractivity contribution in [2.45, 2.75) is 5.75 Å². The summed E-state index contributed by atoms with van der Waals surface area (Å²) in [7, 11) is 0. The largest absolute Gasteiger partial charge is 0.338 e. The van der Waals surface area contributed by atoms with Crippen molar-refractivity contribution in [3.05, 3.63) is 24.5 Å². The molecule has 16 heavy (non-hydrogen) atoms. The minimum atomic E-state index is 0.408. The molecule has 2 heterocycles. The molecule has 2 aromatic rings. The first-order chi connectivity index (χ1) is 7.90. The number of rotatable bonds is 4. The summed E-state index contributed by atoms with van der Waals surface area (Å²) < 4.78 is 5.01. The van der Waals surface area contributed by atoms with Crippen LogP contribution in [0.25, 0.3) is 11.5 Å². The monoisotopic (exact) mass is 233 g/mol. The summed E-state index contributed by atoms with van der Waals surface area (Å²) in [5, 5.41) is 12.2. The van der Waals surface area contributed by atoms with E-state index in [2.05, 4.69) is 20.1 Å². The molecule has 0 saturated carbocycles. The van der Waals surface area contributed by atoms with Gasteiger partial charge in [-0.05, 0) is 6.07 Å². The molecule has 0 aliphatic rings. The standard InChI is InChI=1S/C9H7N5OS/c10-2-4-16-5-8-13-9(14-15-8)7-1-3-11-6-12-7/h1,3,6H,4-5H2. The fourth-order valence-corrected chi connectivity index (χ4v) is 1.51. The van der Waals surface area contributed by atoms with Crippen molar-refractivity contribution in [3.8, 4) is 17.6 Å². The molecule has 0 aliphatic carbocycles. The number of hydrogen-bond acceptors (Lipinski definition) is 7. The fourth-order valence-electron chi connectivity index (χ4n) is 1.02. The number of hydrogen-bond donors (Lipinski definition) is 0. The maximum Gasteiger partial charge on any atom is 0.237 e. The van der Waals surface area contributed by atoms with E-state index in [1.165, 1.54) is 18.1 Å². The van der Waals surface area contributed by atoms with Crippen LogP contribution in [-0.2, 0) is 5.75 Å². The number of nitrogens with zero attached hydrogens (tertiary/aromatic N) is 5. The Labute approximate surface area is 95.7 Å². The lowest BCUT2D eigenvalue weighted by Gasteiger charge is -1.89. The van der Waals surface area contributed by atoms with Crippen LogP contribution in [0, 0.1) is 11.3 Å². The van der Waals surface area contributed by atoms with Crippen molar-refractivity contribution in [1.29, 1.82) is 5.26 Å². The summed E-state index contributed by atoms with van der Waals surface area (Å²) in [5.41, 5.74) is 0.621. The lowest BCUT2D eigenvalue weighted by molar-refractivity contribution is 0.391. The Bertz CT molecular complexity index is 492. The van der Waals surface area contributed by atoms with E-state index in [4.69, 9.17) is 9.78 Å². The predicted octanol–water partition coefficient (Wildman–Crippen LogP) is 1.28. The van der Waals surface area contributed by atoms with Gasteiger partial charge in [0.05, 0.1) is 17.6 Å². The Morgan fingerprint density at radius 2 is 2.44 bits per heavy atom. The minimum Gasteiger partial charge on any atom is -0.338 e. The highest BCUT2D eigenvalue weighted by molar-refractivity contribution is 7.98. The molecule has 0 bridgehead atoms. The van der Waals surface area contributed by atoms with Crippen LogP contribution in [0.1, 0.15) is 5.89 Å². The quantitative estimate of drug-likeness (QED) is 0.735. The van der Waals surface area contributed by atoms with Crippen molar-refractivity contribution >= 4 is 11.8 Å². The van der Waals surface area contributed by atoms with E-state index in [1.807, 2.05) is 6.07 Å². The summed E-state index contributed by atoms with van der Waals surface area (Å²) in [4.78, 5) is 12.0. The molecular formula is C9H7N5OS. The first kappa shape index (κ1) is 10.6. The molecule has 80 valence electrons. The molecule has 0 radical (unpaired) electrons. The lowest BCUT2D eigenvalue weighted by atomic mass is 10.4. The summed E-state index contributed by atoms with van der Waals surface area (Å²) in [5.74, 6) is 1.88. The van der Waals surface area contributed by atoms with Gasteiger partial charge in [0.25, 0.3) is 0 Å². The lowest BCUT2D eigenvalue weighted by Crippen LogP contribution is -1.86. The molecule has 6 nitrogen and oxygen atoms in total. The SMILES string of the molecule is N#CCSCc1nc(-c2ccncn2)no1. The van der Waals surface area contributed by atoms with Crippen molar-refractivity contribution in [3.63, 3.8) is 0 Å². The normalized spacial score (nSPS) is 9.94. The zero-order valence-corrected chi connectivity index (χ0v) is 9.02. The molecule has 0 spiro atoms. The third-order valence-electron chi connectivity index (χ3n) is 1.67.